The quantitative estimate of drug-likeness (QED) is 0.578. The van der Waals surface area contributed by atoms with Crippen molar-refractivity contribution in [2.45, 2.75) is 39.5 Å². The molecule has 0 aromatic heterocycles. The van der Waals surface area contributed by atoms with Gasteiger partial charge >= 0.3 is 0 Å². The SMILES string of the molecule is C\C(=C/C=C/C=C(\C)C1CC1)C1CC1. The molecule has 0 aromatic carbocycles. The first-order valence-electron chi connectivity index (χ1n) is 5.79. The van der Waals surface area contributed by atoms with Crippen LogP contribution < -0.4 is 0 Å². The van der Waals surface area contributed by atoms with Gasteiger partial charge in [0.1, 0.15) is 0 Å². The summed E-state index contributed by atoms with van der Waals surface area (Å²) >= 11 is 0. The second kappa shape index (κ2) is 4.16. The maximum Gasteiger partial charge on any atom is -0.0202 e. The monoisotopic (exact) mass is 188 g/mol. The topological polar surface area (TPSA) is 0 Å². The largest absolute Gasteiger partial charge is 0.0702 e. The van der Waals surface area contributed by atoms with E-state index in [2.05, 4.69) is 38.2 Å². The van der Waals surface area contributed by atoms with Crippen LogP contribution in [0.15, 0.2) is 35.5 Å². The van der Waals surface area contributed by atoms with Crippen molar-refractivity contribution in [3.05, 3.63) is 35.5 Å². The van der Waals surface area contributed by atoms with Gasteiger partial charge in [-0.1, -0.05) is 35.5 Å². The molecule has 0 saturated heterocycles. The molecule has 0 radical (unpaired) electrons. The Balaban J connectivity index is 1.80. The van der Waals surface area contributed by atoms with Crippen molar-refractivity contribution in [3.63, 3.8) is 0 Å². The summed E-state index contributed by atoms with van der Waals surface area (Å²) in [6.07, 6.45) is 14.6. The second-order valence-corrected chi connectivity index (χ2v) is 4.75. The van der Waals surface area contributed by atoms with Gasteiger partial charge in [-0.25, -0.2) is 0 Å². The molecule has 0 heteroatoms. The van der Waals surface area contributed by atoms with Crippen LogP contribution in [0.4, 0.5) is 0 Å². The lowest BCUT2D eigenvalue weighted by Gasteiger charge is -1.93. The van der Waals surface area contributed by atoms with E-state index in [1.165, 1.54) is 25.7 Å². The molecule has 76 valence electrons. The van der Waals surface area contributed by atoms with Gasteiger partial charge in [0.05, 0.1) is 0 Å². The molecule has 0 spiro atoms. The summed E-state index contributed by atoms with van der Waals surface area (Å²) in [7, 11) is 0. The van der Waals surface area contributed by atoms with Crippen LogP contribution in [0.5, 0.6) is 0 Å². The predicted octanol–water partition coefficient (Wildman–Crippen LogP) is 4.26. The summed E-state index contributed by atoms with van der Waals surface area (Å²) < 4.78 is 0. The Morgan fingerprint density at radius 2 is 1.14 bits per heavy atom. The van der Waals surface area contributed by atoms with Gasteiger partial charge in [-0.05, 0) is 51.4 Å². The Bertz CT molecular complexity index is 253. The number of hydrogen-bond acceptors (Lipinski definition) is 0. The highest BCUT2D eigenvalue weighted by atomic mass is 14.3. The van der Waals surface area contributed by atoms with Crippen LogP contribution in [0, 0.1) is 11.8 Å². The molecule has 0 amide bonds. The standard InChI is InChI=1S/C14H20/c1-11(13-7-8-13)5-3-4-6-12(2)14-9-10-14/h3-6,13-14H,7-10H2,1-2H3/b4-3+,11-5+,12-6+. The summed E-state index contributed by atoms with van der Waals surface area (Å²) in [6.45, 7) is 4.50. The number of hydrogen-bond donors (Lipinski definition) is 0. The van der Waals surface area contributed by atoms with Crippen LogP contribution in [0.25, 0.3) is 0 Å². The van der Waals surface area contributed by atoms with E-state index in [1.807, 2.05) is 0 Å². The molecule has 2 aliphatic carbocycles. The highest BCUT2D eigenvalue weighted by Crippen LogP contribution is 2.36. The van der Waals surface area contributed by atoms with Crippen LogP contribution in [0.2, 0.25) is 0 Å². The van der Waals surface area contributed by atoms with E-state index in [0.717, 1.165) is 11.8 Å². The van der Waals surface area contributed by atoms with Crippen molar-refractivity contribution in [2.24, 2.45) is 11.8 Å². The molecule has 2 fully saturated rings. The molecule has 0 atom stereocenters. The Labute approximate surface area is 87.4 Å². The molecular formula is C14H20. The summed E-state index contributed by atoms with van der Waals surface area (Å²) in [4.78, 5) is 0. The Hall–Kier alpha value is -0.780. The predicted molar refractivity (Wildman–Crippen MR) is 62.1 cm³/mol. The van der Waals surface area contributed by atoms with E-state index >= 15 is 0 Å². The third kappa shape index (κ3) is 2.87. The Morgan fingerprint density at radius 1 is 0.786 bits per heavy atom. The van der Waals surface area contributed by atoms with Crippen molar-refractivity contribution < 1.29 is 0 Å². The van der Waals surface area contributed by atoms with Crippen molar-refractivity contribution in [2.75, 3.05) is 0 Å². The van der Waals surface area contributed by atoms with E-state index < -0.39 is 0 Å². The van der Waals surface area contributed by atoms with Crippen molar-refractivity contribution >= 4 is 0 Å². The summed E-state index contributed by atoms with van der Waals surface area (Å²) in [5.41, 5.74) is 3.11. The second-order valence-electron chi connectivity index (χ2n) is 4.75. The molecule has 0 unspecified atom stereocenters. The fourth-order valence-corrected chi connectivity index (χ4v) is 1.76. The lowest BCUT2D eigenvalue weighted by Crippen LogP contribution is -1.76. The van der Waals surface area contributed by atoms with Crippen LogP contribution >= 0.6 is 0 Å². The van der Waals surface area contributed by atoms with Gasteiger partial charge in [-0.15, -0.1) is 0 Å². The van der Waals surface area contributed by atoms with Crippen molar-refractivity contribution in [1.29, 1.82) is 0 Å². The van der Waals surface area contributed by atoms with E-state index in [1.54, 1.807) is 11.1 Å². The van der Waals surface area contributed by atoms with Gasteiger partial charge in [0.2, 0.25) is 0 Å². The fraction of sp³-hybridized carbons (Fsp3) is 0.571. The molecule has 0 N–H and O–H groups in total. The molecule has 2 saturated carbocycles. The molecular weight excluding hydrogens is 168 g/mol. The minimum absolute atomic E-state index is 0.910. The zero-order valence-electron chi connectivity index (χ0n) is 9.29. The fourth-order valence-electron chi connectivity index (χ4n) is 1.76. The maximum atomic E-state index is 2.27. The summed E-state index contributed by atoms with van der Waals surface area (Å²) in [5, 5.41) is 0. The zero-order valence-corrected chi connectivity index (χ0v) is 9.29. The molecule has 2 rings (SSSR count). The van der Waals surface area contributed by atoms with Gasteiger partial charge in [0, 0.05) is 0 Å². The molecule has 14 heavy (non-hydrogen) atoms. The minimum Gasteiger partial charge on any atom is -0.0702 e. The molecule has 0 aromatic rings. The lowest BCUT2D eigenvalue weighted by atomic mass is 10.1. The molecule has 0 bridgehead atoms. The highest BCUT2D eigenvalue weighted by molar-refractivity contribution is 5.22. The lowest BCUT2D eigenvalue weighted by molar-refractivity contribution is 1.00. The van der Waals surface area contributed by atoms with E-state index in [-0.39, 0.29) is 0 Å². The third-order valence-corrected chi connectivity index (χ3v) is 3.27. The van der Waals surface area contributed by atoms with Gasteiger partial charge < -0.3 is 0 Å². The molecule has 0 heterocycles. The summed E-state index contributed by atoms with van der Waals surface area (Å²) in [6, 6.07) is 0. The van der Waals surface area contributed by atoms with Gasteiger partial charge in [0.25, 0.3) is 0 Å². The van der Waals surface area contributed by atoms with E-state index in [9.17, 15) is 0 Å². The Kier molecular flexibility index (Phi) is 2.90. The average Bonchev–Trinajstić information content (AvgIpc) is 3.06. The third-order valence-electron chi connectivity index (χ3n) is 3.27. The minimum atomic E-state index is 0.910. The normalized spacial score (nSPS) is 24.7. The van der Waals surface area contributed by atoms with Gasteiger partial charge in [-0.3, -0.25) is 0 Å². The highest BCUT2D eigenvalue weighted by Gasteiger charge is 2.22. The first kappa shape index (κ1) is 9.76. The van der Waals surface area contributed by atoms with E-state index in [4.69, 9.17) is 0 Å². The zero-order chi connectivity index (χ0) is 9.97. The Morgan fingerprint density at radius 3 is 1.43 bits per heavy atom. The smallest absolute Gasteiger partial charge is 0.0202 e. The average molecular weight is 188 g/mol. The molecule has 0 aliphatic heterocycles. The van der Waals surface area contributed by atoms with E-state index in [0.29, 0.717) is 0 Å². The number of rotatable bonds is 4. The molecule has 0 nitrogen and oxygen atoms in total. The maximum absolute atomic E-state index is 2.27. The first-order valence-corrected chi connectivity index (χ1v) is 5.79. The van der Waals surface area contributed by atoms with Crippen LogP contribution in [0.1, 0.15) is 39.5 Å². The van der Waals surface area contributed by atoms with Crippen LogP contribution in [-0.4, -0.2) is 0 Å². The van der Waals surface area contributed by atoms with Crippen LogP contribution in [-0.2, 0) is 0 Å². The summed E-state index contributed by atoms with van der Waals surface area (Å²) in [5.74, 6) is 1.82. The van der Waals surface area contributed by atoms with Gasteiger partial charge in [0.15, 0.2) is 0 Å². The first-order chi connectivity index (χ1) is 6.77. The number of allylic oxidation sites excluding steroid dienone is 6. The van der Waals surface area contributed by atoms with Crippen molar-refractivity contribution in [3.8, 4) is 0 Å². The van der Waals surface area contributed by atoms with Crippen molar-refractivity contribution in [1.82, 2.24) is 0 Å². The molecule has 2 aliphatic rings. The van der Waals surface area contributed by atoms with Gasteiger partial charge in [-0.2, -0.15) is 0 Å². The van der Waals surface area contributed by atoms with Crippen LogP contribution in [0.3, 0.4) is 0 Å².